The molecule has 9 heteroatoms. The third kappa shape index (κ3) is 7.04. The first-order valence-corrected chi connectivity index (χ1v) is 6.90. The average molecular weight is 366 g/mol. The van der Waals surface area contributed by atoms with E-state index in [0.29, 0.717) is 11.4 Å². The number of nitrogens with zero attached hydrogens (tertiary/aromatic N) is 1. The van der Waals surface area contributed by atoms with E-state index in [9.17, 15) is 9.59 Å². The standard InChI is InChI=1S/C14H20ClN3O4.ClH/c1-18(2)13(19)8-22-12-5-4-9(6-10(12)15)17-14(20)11(16)7-21-3;/h4-6,11H,7-8,16H2,1-3H3,(H,17,20);1H. The van der Waals surface area contributed by atoms with Crippen LogP contribution in [0.15, 0.2) is 18.2 Å². The van der Waals surface area contributed by atoms with Gasteiger partial charge in [0.2, 0.25) is 5.91 Å². The Morgan fingerprint density at radius 2 is 2.04 bits per heavy atom. The Hall–Kier alpha value is -1.54. The van der Waals surface area contributed by atoms with Gasteiger partial charge in [0, 0.05) is 26.9 Å². The molecule has 0 fully saturated rings. The van der Waals surface area contributed by atoms with Crippen LogP contribution in [0.3, 0.4) is 0 Å². The molecule has 0 aliphatic rings. The van der Waals surface area contributed by atoms with Crippen molar-refractivity contribution in [3.63, 3.8) is 0 Å². The van der Waals surface area contributed by atoms with E-state index in [4.69, 9.17) is 26.8 Å². The molecule has 1 aromatic rings. The topological polar surface area (TPSA) is 93.9 Å². The number of rotatable bonds is 7. The summed E-state index contributed by atoms with van der Waals surface area (Å²) in [6, 6.07) is 3.94. The molecule has 0 saturated carbocycles. The number of methoxy groups -OCH3 is 1. The molecule has 1 unspecified atom stereocenters. The van der Waals surface area contributed by atoms with Gasteiger partial charge in [0.05, 0.1) is 11.6 Å². The summed E-state index contributed by atoms with van der Waals surface area (Å²) in [5.41, 5.74) is 6.10. The third-order valence-corrected chi connectivity index (χ3v) is 3.03. The molecule has 0 saturated heterocycles. The summed E-state index contributed by atoms with van der Waals surface area (Å²) in [6.07, 6.45) is 0. The van der Waals surface area contributed by atoms with Crippen LogP contribution < -0.4 is 15.8 Å². The van der Waals surface area contributed by atoms with Gasteiger partial charge in [-0.25, -0.2) is 0 Å². The smallest absolute Gasteiger partial charge is 0.259 e. The van der Waals surface area contributed by atoms with Gasteiger partial charge >= 0.3 is 0 Å². The number of amides is 2. The van der Waals surface area contributed by atoms with Gasteiger partial charge in [-0.3, -0.25) is 9.59 Å². The molecule has 0 spiro atoms. The van der Waals surface area contributed by atoms with Crippen molar-refractivity contribution < 1.29 is 19.1 Å². The predicted octanol–water partition coefficient (Wildman–Crippen LogP) is 1.14. The van der Waals surface area contributed by atoms with Crippen molar-refractivity contribution in [2.75, 3.05) is 39.7 Å². The molecule has 0 heterocycles. The normalized spacial score (nSPS) is 11.2. The van der Waals surface area contributed by atoms with E-state index >= 15 is 0 Å². The second-order valence-corrected chi connectivity index (χ2v) is 5.18. The minimum absolute atomic E-state index is 0. The summed E-state index contributed by atoms with van der Waals surface area (Å²) < 4.78 is 10.1. The lowest BCUT2D eigenvalue weighted by atomic mass is 10.2. The molecule has 0 aliphatic heterocycles. The summed E-state index contributed by atoms with van der Waals surface area (Å²) in [5.74, 6) is -0.204. The number of carbonyl (C=O) groups is 2. The van der Waals surface area contributed by atoms with Gasteiger partial charge in [-0.1, -0.05) is 11.6 Å². The Labute approximate surface area is 146 Å². The van der Waals surface area contributed by atoms with Crippen molar-refractivity contribution in [1.82, 2.24) is 4.90 Å². The Morgan fingerprint density at radius 3 is 2.57 bits per heavy atom. The zero-order chi connectivity index (χ0) is 16.7. The van der Waals surface area contributed by atoms with E-state index in [0.717, 1.165) is 0 Å². The molecule has 0 aliphatic carbocycles. The molecular formula is C14H21Cl2N3O4. The minimum atomic E-state index is -0.766. The molecule has 1 rings (SSSR count). The fourth-order valence-corrected chi connectivity index (χ4v) is 1.69. The summed E-state index contributed by atoms with van der Waals surface area (Å²) in [4.78, 5) is 24.6. The molecule has 0 aromatic heterocycles. The second-order valence-electron chi connectivity index (χ2n) is 4.77. The van der Waals surface area contributed by atoms with Crippen LogP contribution in [0.2, 0.25) is 5.02 Å². The first-order chi connectivity index (χ1) is 10.3. The van der Waals surface area contributed by atoms with Crippen molar-refractivity contribution in [3.8, 4) is 5.75 Å². The molecule has 0 bridgehead atoms. The molecule has 1 aromatic carbocycles. The highest BCUT2D eigenvalue weighted by atomic mass is 35.5. The van der Waals surface area contributed by atoms with Gasteiger partial charge < -0.3 is 25.4 Å². The first kappa shape index (κ1) is 21.5. The fourth-order valence-electron chi connectivity index (χ4n) is 1.45. The van der Waals surface area contributed by atoms with Crippen LogP contribution >= 0.6 is 24.0 Å². The van der Waals surface area contributed by atoms with E-state index in [1.807, 2.05) is 0 Å². The number of anilines is 1. The van der Waals surface area contributed by atoms with E-state index < -0.39 is 6.04 Å². The fraction of sp³-hybridized carbons (Fsp3) is 0.429. The summed E-state index contributed by atoms with van der Waals surface area (Å²) >= 11 is 6.06. The van der Waals surface area contributed by atoms with Crippen LogP contribution in [0, 0.1) is 0 Å². The van der Waals surface area contributed by atoms with Gasteiger partial charge in [0.1, 0.15) is 11.8 Å². The number of hydrogen-bond acceptors (Lipinski definition) is 5. The lowest BCUT2D eigenvalue weighted by molar-refractivity contribution is -0.130. The highest BCUT2D eigenvalue weighted by Crippen LogP contribution is 2.27. The maximum atomic E-state index is 11.7. The number of halogens is 2. The summed E-state index contributed by atoms with van der Waals surface area (Å²) in [6.45, 7) is 0.00451. The maximum absolute atomic E-state index is 11.7. The summed E-state index contributed by atoms with van der Waals surface area (Å²) in [7, 11) is 4.73. The van der Waals surface area contributed by atoms with Crippen LogP contribution in [-0.4, -0.2) is 57.2 Å². The Kier molecular flexibility index (Phi) is 9.59. The molecule has 1 atom stereocenters. The lowest BCUT2D eigenvalue weighted by Gasteiger charge is -2.14. The SMILES string of the molecule is COCC(N)C(=O)Nc1ccc(OCC(=O)N(C)C)c(Cl)c1.Cl. The van der Waals surface area contributed by atoms with Crippen LogP contribution in [0.4, 0.5) is 5.69 Å². The molecular weight excluding hydrogens is 345 g/mol. The number of hydrogen-bond donors (Lipinski definition) is 2. The number of likely N-dealkylation sites (N-methyl/N-ethyl adjacent to an activating group) is 1. The van der Waals surface area contributed by atoms with E-state index in [2.05, 4.69) is 5.32 Å². The Balaban J connectivity index is 0.00000484. The molecule has 3 N–H and O–H groups in total. The van der Waals surface area contributed by atoms with Gasteiger partial charge in [-0.05, 0) is 18.2 Å². The highest BCUT2D eigenvalue weighted by Gasteiger charge is 2.14. The van der Waals surface area contributed by atoms with Crippen molar-refractivity contribution in [1.29, 1.82) is 0 Å². The van der Waals surface area contributed by atoms with Gasteiger partial charge in [0.25, 0.3) is 5.91 Å². The maximum Gasteiger partial charge on any atom is 0.259 e. The van der Waals surface area contributed by atoms with Crippen LogP contribution in [-0.2, 0) is 14.3 Å². The van der Waals surface area contributed by atoms with E-state index in [1.54, 1.807) is 26.2 Å². The van der Waals surface area contributed by atoms with E-state index in [1.165, 1.54) is 18.1 Å². The number of benzene rings is 1. The number of nitrogens with two attached hydrogens (primary N) is 1. The molecule has 2 amide bonds. The monoisotopic (exact) mass is 365 g/mol. The van der Waals surface area contributed by atoms with Crippen molar-refractivity contribution >= 4 is 41.5 Å². The Bertz CT molecular complexity index is 541. The van der Waals surface area contributed by atoms with Gasteiger partial charge in [-0.15, -0.1) is 12.4 Å². The van der Waals surface area contributed by atoms with Crippen LogP contribution in [0.1, 0.15) is 0 Å². The largest absolute Gasteiger partial charge is 0.482 e. The average Bonchev–Trinajstić information content (AvgIpc) is 2.46. The molecule has 23 heavy (non-hydrogen) atoms. The van der Waals surface area contributed by atoms with Crippen LogP contribution in [0.5, 0.6) is 5.75 Å². The molecule has 7 nitrogen and oxygen atoms in total. The Morgan fingerprint density at radius 1 is 1.39 bits per heavy atom. The summed E-state index contributed by atoms with van der Waals surface area (Å²) in [5, 5.41) is 2.90. The van der Waals surface area contributed by atoms with Crippen molar-refractivity contribution in [2.45, 2.75) is 6.04 Å². The van der Waals surface area contributed by atoms with Crippen molar-refractivity contribution in [3.05, 3.63) is 23.2 Å². The zero-order valence-electron chi connectivity index (χ0n) is 13.2. The number of ether oxygens (including phenoxy) is 2. The quantitative estimate of drug-likeness (QED) is 0.755. The minimum Gasteiger partial charge on any atom is -0.482 e. The highest BCUT2D eigenvalue weighted by molar-refractivity contribution is 6.32. The van der Waals surface area contributed by atoms with Crippen molar-refractivity contribution in [2.24, 2.45) is 5.73 Å². The number of nitrogens with one attached hydrogen (secondary N) is 1. The van der Waals surface area contributed by atoms with Crippen LogP contribution in [0.25, 0.3) is 0 Å². The number of carbonyl (C=O) groups excluding carboxylic acids is 2. The predicted molar refractivity (Wildman–Crippen MR) is 91.4 cm³/mol. The van der Waals surface area contributed by atoms with Gasteiger partial charge in [0.15, 0.2) is 6.61 Å². The molecule has 0 radical (unpaired) electrons. The third-order valence-electron chi connectivity index (χ3n) is 2.73. The zero-order valence-corrected chi connectivity index (χ0v) is 14.7. The van der Waals surface area contributed by atoms with Gasteiger partial charge in [-0.2, -0.15) is 0 Å². The first-order valence-electron chi connectivity index (χ1n) is 6.53. The molecule has 130 valence electrons. The van der Waals surface area contributed by atoms with E-state index in [-0.39, 0.29) is 42.5 Å². The second kappa shape index (κ2) is 10.3. The lowest BCUT2D eigenvalue weighted by Crippen LogP contribution is -2.39.